The third kappa shape index (κ3) is 3.82. The molecule has 0 atom stereocenters. The van der Waals surface area contributed by atoms with Crippen LogP contribution in [0.15, 0.2) is 29.2 Å². The highest BCUT2D eigenvalue weighted by molar-refractivity contribution is 7.89. The van der Waals surface area contributed by atoms with Crippen molar-refractivity contribution < 1.29 is 22.7 Å². The first-order valence-corrected chi connectivity index (χ1v) is 6.50. The van der Waals surface area contributed by atoms with Crippen LogP contribution in [0.5, 0.6) is 0 Å². The first-order chi connectivity index (χ1) is 8.34. The summed E-state index contributed by atoms with van der Waals surface area (Å²) in [6.45, 7) is 1.67. The number of nitrogens with two attached hydrogens (primary N) is 1. The standard InChI is InChI=1S/C10H12N2O5S/c1-2-17-10(14)9(13)12-7-3-5-8(6-4-7)18(11,15)16/h3-6H,2H2,1H3,(H,12,13)(H2,11,15,16). The molecule has 3 N–H and O–H groups in total. The Balaban J connectivity index is 2.76. The molecule has 0 fully saturated rings. The third-order valence-electron chi connectivity index (χ3n) is 1.90. The molecule has 0 aliphatic rings. The molecule has 0 bridgehead atoms. The van der Waals surface area contributed by atoms with Crippen molar-refractivity contribution in [3.05, 3.63) is 24.3 Å². The van der Waals surface area contributed by atoms with E-state index in [-0.39, 0.29) is 17.2 Å². The lowest BCUT2D eigenvalue weighted by atomic mass is 10.3. The zero-order valence-corrected chi connectivity index (χ0v) is 10.4. The molecule has 18 heavy (non-hydrogen) atoms. The van der Waals surface area contributed by atoms with Gasteiger partial charge in [0.2, 0.25) is 10.0 Å². The van der Waals surface area contributed by atoms with E-state index in [2.05, 4.69) is 10.1 Å². The number of carbonyl (C=O) groups excluding carboxylic acids is 2. The number of amides is 1. The lowest BCUT2D eigenvalue weighted by molar-refractivity contribution is -0.152. The summed E-state index contributed by atoms with van der Waals surface area (Å²) in [5, 5.41) is 7.16. The minimum Gasteiger partial charge on any atom is -0.459 e. The van der Waals surface area contributed by atoms with Gasteiger partial charge in [-0.2, -0.15) is 0 Å². The molecule has 0 unspecified atom stereocenters. The maximum Gasteiger partial charge on any atom is 0.397 e. The summed E-state index contributed by atoms with van der Waals surface area (Å²) in [6, 6.07) is 5.07. The summed E-state index contributed by atoms with van der Waals surface area (Å²) in [5.41, 5.74) is 0.264. The van der Waals surface area contributed by atoms with E-state index in [4.69, 9.17) is 5.14 Å². The smallest absolute Gasteiger partial charge is 0.397 e. The number of nitrogens with one attached hydrogen (secondary N) is 1. The SMILES string of the molecule is CCOC(=O)C(=O)Nc1ccc(S(N)(=O)=O)cc1. The third-order valence-corrected chi connectivity index (χ3v) is 2.83. The van der Waals surface area contributed by atoms with Gasteiger partial charge in [0.15, 0.2) is 0 Å². The van der Waals surface area contributed by atoms with Gasteiger partial charge in [-0.3, -0.25) is 4.79 Å². The maximum atomic E-state index is 11.3. The molecular weight excluding hydrogens is 260 g/mol. The van der Waals surface area contributed by atoms with Crippen LogP contribution in [0.25, 0.3) is 0 Å². The van der Waals surface area contributed by atoms with E-state index >= 15 is 0 Å². The number of hydrogen-bond donors (Lipinski definition) is 2. The van der Waals surface area contributed by atoms with E-state index in [1.807, 2.05) is 0 Å². The van der Waals surface area contributed by atoms with Crippen LogP contribution in [0.3, 0.4) is 0 Å². The van der Waals surface area contributed by atoms with Crippen molar-refractivity contribution >= 4 is 27.6 Å². The monoisotopic (exact) mass is 272 g/mol. The summed E-state index contributed by atoms with van der Waals surface area (Å²) < 4.78 is 26.4. The van der Waals surface area contributed by atoms with Gasteiger partial charge >= 0.3 is 11.9 Å². The van der Waals surface area contributed by atoms with Crippen molar-refractivity contribution in [1.29, 1.82) is 0 Å². The van der Waals surface area contributed by atoms with Crippen molar-refractivity contribution in [3.63, 3.8) is 0 Å². The van der Waals surface area contributed by atoms with Crippen LogP contribution in [0, 0.1) is 0 Å². The van der Waals surface area contributed by atoms with Gasteiger partial charge in [0.25, 0.3) is 0 Å². The molecule has 0 aliphatic heterocycles. The van der Waals surface area contributed by atoms with Gasteiger partial charge in [-0.05, 0) is 31.2 Å². The summed E-state index contributed by atoms with van der Waals surface area (Å²) in [6.07, 6.45) is 0. The van der Waals surface area contributed by atoms with E-state index in [1.165, 1.54) is 24.3 Å². The Morgan fingerprint density at radius 1 is 1.28 bits per heavy atom. The summed E-state index contributed by atoms with van der Waals surface area (Å²) in [4.78, 5) is 22.2. The topological polar surface area (TPSA) is 116 Å². The fourth-order valence-corrected chi connectivity index (χ4v) is 1.62. The predicted octanol–water partition coefficient (Wildman–Crippen LogP) is -0.164. The first-order valence-electron chi connectivity index (χ1n) is 4.95. The lowest BCUT2D eigenvalue weighted by Crippen LogP contribution is -2.25. The molecule has 1 rings (SSSR count). The Morgan fingerprint density at radius 2 is 1.83 bits per heavy atom. The van der Waals surface area contributed by atoms with Crippen molar-refractivity contribution in [1.82, 2.24) is 0 Å². The number of carbonyl (C=O) groups is 2. The fourth-order valence-electron chi connectivity index (χ4n) is 1.11. The Bertz CT molecular complexity index is 550. The second-order valence-corrected chi connectivity index (χ2v) is 4.81. The highest BCUT2D eigenvalue weighted by Crippen LogP contribution is 2.12. The van der Waals surface area contributed by atoms with Gasteiger partial charge in [0.1, 0.15) is 0 Å². The second-order valence-electron chi connectivity index (χ2n) is 3.24. The number of benzene rings is 1. The second kappa shape index (κ2) is 5.61. The van der Waals surface area contributed by atoms with Crippen LogP contribution in [-0.4, -0.2) is 26.9 Å². The Kier molecular flexibility index (Phi) is 4.40. The Morgan fingerprint density at radius 3 is 2.28 bits per heavy atom. The largest absolute Gasteiger partial charge is 0.459 e. The van der Waals surface area contributed by atoms with E-state index in [9.17, 15) is 18.0 Å². The minimum absolute atomic E-state index is 0.0865. The summed E-state index contributed by atoms with van der Waals surface area (Å²) in [7, 11) is -3.78. The number of primary sulfonamides is 1. The maximum absolute atomic E-state index is 11.3. The number of esters is 1. The Labute approximate surface area is 104 Å². The van der Waals surface area contributed by atoms with E-state index < -0.39 is 21.9 Å². The van der Waals surface area contributed by atoms with E-state index in [1.54, 1.807) is 6.92 Å². The molecule has 98 valence electrons. The molecule has 1 aromatic carbocycles. The van der Waals surface area contributed by atoms with Crippen molar-refractivity contribution in [3.8, 4) is 0 Å². The van der Waals surface area contributed by atoms with Crippen LogP contribution in [0.2, 0.25) is 0 Å². The molecule has 0 aromatic heterocycles. The number of ether oxygens (including phenoxy) is 1. The van der Waals surface area contributed by atoms with Gasteiger partial charge in [-0.1, -0.05) is 0 Å². The van der Waals surface area contributed by atoms with Crippen LogP contribution in [-0.2, 0) is 24.3 Å². The molecule has 0 aliphatic carbocycles. The van der Waals surface area contributed by atoms with Crippen LogP contribution in [0.4, 0.5) is 5.69 Å². The van der Waals surface area contributed by atoms with Crippen molar-refractivity contribution in [2.24, 2.45) is 5.14 Å². The van der Waals surface area contributed by atoms with Crippen LogP contribution in [0.1, 0.15) is 6.92 Å². The van der Waals surface area contributed by atoms with Gasteiger partial charge in [-0.15, -0.1) is 0 Å². The summed E-state index contributed by atoms with van der Waals surface area (Å²) >= 11 is 0. The highest BCUT2D eigenvalue weighted by Gasteiger charge is 2.15. The molecule has 8 heteroatoms. The van der Waals surface area contributed by atoms with Crippen molar-refractivity contribution in [2.45, 2.75) is 11.8 Å². The fraction of sp³-hybridized carbons (Fsp3) is 0.200. The molecule has 0 saturated carbocycles. The number of rotatable bonds is 3. The molecule has 0 heterocycles. The zero-order chi connectivity index (χ0) is 13.8. The van der Waals surface area contributed by atoms with Crippen LogP contribution >= 0.6 is 0 Å². The molecular formula is C10H12N2O5S. The van der Waals surface area contributed by atoms with Gasteiger partial charge < -0.3 is 10.1 Å². The Hall–Kier alpha value is -1.93. The molecule has 7 nitrogen and oxygen atoms in total. The minimum atomic E-state index is -3.78. The van der Waals surface area contributed by atoms with Gasteiger partial charge in [-0.25, -0.2) is 18.4 Å². The summed E-state index contributed by atoms with van der Waals surface area (Å²) in [5.74, 6) is -1.94. The number of hydrogen-bond acceptors (Lipinski definition) is 5. The van der Waals surface area contributed by atoms with Gasteiger partial charge in [0.05, 0.1) is 11.5 Å². The molecule has 0 radical (unpaired) electrons. The molecule has 0 spiro atoms. The number of anilines is 1. The van der Waals surface area contributed by atoms with Crippen molar-refractivity contribution in [2.75, 3.05) is 11.9 Å². The van der Waals surface area contributed by atoms with E-state index in [0.29, 0.717) is 0 Å². The molecule has 1 amide bonds. The average molecular weight is 272 g/mol. The van der Waals surface area contributed by atoms with Gasteiger partial charge in [0, 0.05) is 5.69 Å². The van der Waals surface area contributed by atoms with E-state index in [0.717, 1.165) is 0 Å². The normalized spacial score (nSPS) is 10.8. The quantitative estimate of drug-likeness (QED) is 0.585. The lowest BCUT2D eigenvalue weighted by Gasteiger charge is -2.05. The van der Waals surface area contributed by atoms with Crippen LogP contribution < -0.4 is 10.5 Å². The number of sulfonamides is 1. The highest BCUT2D eigenvalue weighted by atomic mass is 32.2. The zero-order valence-electron chi connectivity index (χ0n) is 9.54. The predicted molar refractivity (Wildman–Crippen MR) is 63.1 cm³/mol. The molecule has 1 aromatic rings. The average Bonchev–Trinajstić information content (AvgIpc) is 2.28. The molecule has 0 saturated heterocycles. The first kappa shape index (κ1) is 14.1.